The highest BCUT2D eigenvalue weighted by Crippen LogP contribution is 2.40. The third-order valence-corrected chi connectivity index (χ3v) is 5.23. The molecule has 0 aliphatic carbocycles. The highest BCUT2D eigenvalue weighted by atomic mass is 79.9. The van der Waals surface area contributed by atoms with Gasteiger partial charge < -0.3 is 0 Å². The summed E-state index contributed by atoms with van der Waals surface area (Å²) in [6.45, 7) is 3.92. The zero-order valence-electron chi connectivity index (χ0n) is 13.6. The zero-order chi connectivity index (χ0) is 18.1. The molecule has 0 unspecified atom stereocenters. The number of carbonyl (C=O) groups is 2. The van der Waals surface area contributed by atoms with Crippen molar-refractivity contribution >= 4 is 50.8 Å². The Labute approximate surface area is 158 Å². The first-order valence-electron chi connectivity index (χ1n) is 7.69. The van der Waals surface area contributed by atoms with Crippen LogP contribution in [-0.2, 0) is 9.59 Å². The van der Waals surface area contributed by atoms with E-state index in [4.69, 9.17) is 0 Å². The second kappa shape index (κ2) is 7.14. The van der Waals surface area contributed by atoms with E-state index >= 15 is 0 Å². The van der Waals surface area contributed by atoms with Crippen LogP contribution in [0.15, 0.2) is 57.9 Å². The van der Waals surface area contributed by atoms with E-state index in [1.165, 1.54) is 40.9 Å². The topological polar surface area (TPSA) is 37.4 Å². The van der Waals surface area contributed by atoms with Crippen molar-refractivity contribution in [3.63, 3.8) is 0 Å². The summed E-state index contributed by atoms with van der Waals surface area (Å²) in [7, 11) is 0. The Morgan fingerprint density at radius 2 is 1.56 bits per heavy atom. The van der Waals surface area contributed by atoms with Gasteiger partial charge in [0.1, 0.15) is 5.82 Å². The van der Waals surface area contributed by atoms with Crippen molar-refractivity contribution in [2.24, 2.45) is 0 Å². The van der Waals surface area contributed by atoms with Crippen LogP contribution in [-0.4, -0.2) is 17.1 Å². The van der Waals surface area contributed by atoms with Gasteiger partial charge in [0, 0.05) is 9.72 Å². The highest BCUT2D eigenvalue weighted by molar-refractivity contribution is 9.10. The molecule has 0 atom stereocenters. The number of benzene rings is 2. The molecule has 1 aliphatic rings. The number of hydrogen-bond donors (Lipinski definition) is 0. The van der Waals surface area contributed by atoms with Crippen molar-refractivity contribution < 1.29 is 14.0 Å². The van der Waals surface area contributed by atoms with Gasteiger partial charge in [0.25, 0.3) is 11.8 Å². The SMILES string of the molecule is CC(C)SC1=C(c2ccc(F)cc2)C(=O)N(c2ccc(Br)cc2)C1=O. The van der Waals surface area contributed by atoms with Crippen LogP contribution in [0.3, 0.4) is 0 Å². The molecule has 0 saturated heterocycles. The van der Waals surface area contributed by atoms with E-state index in [-0.39, 0.29) is 22.9 Å². The normalized spacial score (nSPS) is 14.8. The molecule has 128 valence electrons. The fraction of sp³-hybridized carbons (Fsp3) is 0.158. The maximum atomic E-state index is 13.2. The number of nitrogens with zero attached hydrogens (tertiary/aromatic N) is 1. The quantitative estimate of drug-likeness (QED) is 0.653. The van der Waals surface area contributed by atoms with Gasteiger partial charge in [0.05, 0.1) is 16.2 Å². The predicted octanol–water partition coefficient (Wildman–Crippen LogP) is 5.01. The van der Waals surface area contributed by atoms with Gasteiger partial charge in [-0.15, -0.1) is 11.8 Å². The molecule has 2 aromatic carbocycles. The van der Waals surface area contributed by atoms with E-state index in [1.54, 1.807) is 24.3 Å². The summed E-state index contributed by atoms with van der Waals surface area (Å²) < 4.78 is 14.1. The second-order valence-electron chi connectivity index (χ2n) is 5.80. The maximum absolute atomic E-state index is 13.2. The number of carbonyl (C=O) groups excluding carboxylic acids is 2. The Bertz CT molecular complexity index is 860. The third-order valence-electron chi connectivity index (χ3n) is 3.61. The Morgan fingerprint density at radius 1 is 0.960 bits per heavy atom. The van der Waals surface area contributed by atoms with E-state index in [0.29, 0.717) is 21.7 Å². The van der Waals surface area contributed by atoms with Crippen molar-refractivity contribution in [2.45, 2.75) is 19.1 Å². The fourth-order valence-electron chi connectivity index (χ4n) is 2.55. The molecule has 0 saturated carbocycles. The number of thioether (sulfide) groups is 1. The van der Waals surface area contributed by atoms with Gasteiger partial charge in [-0.2, -0.15) is 0 Å². The molecular formula is C19H15BrFNO2S. The molecule has 3 rings (SSSR count). The fourth-order valence-corrected chi connectivity index (χ4v) is 3.80. The van der Waals surface area contributed by atoms with E-state index < -0.39 is 0 Å². The molecule has 25 heavy (non-hydrogen) atoms. The number of amides is 2. The molecule has 0 N–H and O–H groups in total. The van der Waals surface area contributed by atoms with Gasteiger partial charge in [-0.3, -0.25) is 9.59 Å². The zero-order valence-corrected chi connectivity index (χ0v) is 16.0. The summed E-state index contributed by atoms with van der Waals surface area (Å²) in [6.07, 6.45) is 0. The van der Waals surface area contributed by atoms with Crippen LogP contribution in [0, 0.1) is 5.82 Å². The molecular weight excluding hydrogens is 405 g/mol. The lowest BCUT2D eigenvalue weighted by Gasteiger charge is -2.15. The minimum atomic E-state index is -0.387. The molecule has 0 bridgehead atoms. The summed E-state index contributed by atoms with van der Waals surface area (Å²) in [5, 5.41) is 0.132. The van der Waals surface area contributed by atoms with Crippen molar-refractivity contribution in [3.8, 4) is 0 Å². The van der Waals surface area contributed by atoms with Crippen LogP contribution in [0.5, 0.6) is 0 Å². The van der Waals surface area contributed by atoms with E-state index in [9.17, 15) is 14.0 Å². The van der Waals surface area contributed by atoms with Crippen LogP contribution < -0.4 is 4.90 Å². The average Bonchev–Trinajstić information content (AvgIpc) is 2.80. The standard InChI is InChI=1S/C19H15BrFNO2S/c1-11(2)25-17-16(12-3-7-14(21)8-4-12)18(23)22(19(17)24)15-9-5-13(20)6-10-15/h3-11H,1-2H3. The van der Waals surface area contributed by atoms with Gasteiger partial charge in [-0.05, 0) is 42.0 Å². The molecule has 0 radical (unpaired) electrons. The van der Waals surface area contributed by atoms with Crippen molar-refractivity contribution in [3.05, 3.63) is 69.3 Å². The molecule has 3 nitrogen and oxygen atoms in total. The first kappa shape index (κ1) is 17.9. The lowest BCUT2D eigenvalue weighted by molar-refractivity contribution is -0.119. The van der Waals surface area contributed by atoms with Crippen molar-refractivity contribution in [1.82, 2.24) is 0 Å². The Morgan fingerprint density at radius 3 is 2.12 bits per heavy atom. The number of halogens is 2. The van der Waals surface area contributed by atoms with E-state index in [1.807, 2.05) is 13.8 Å². The summed E-state index contributed by atoms with van der Waals surface area (Å²) in [6, 6.07) is 12.6. The van der Waals surface area contributed by atoms with E-state index in [0.717, 1.165) is 4.47 Å². The van der Waals surface area contributed by atoms with Gasteiger partial charge >= 0.3 is 0 Å². The summed E-state index contributed by atoms with van der Waals surface area (Å²) in [5.74, 6) is -1.11. The van der Waals surface area contributed by atoms with Crippen LogP contribution in [0.4, 0.5) is 10.1 Å². The van der Waals surface area contributed by atoms with Gasteiger partial charge in [0.2, 0.25) is 0 Å². The smallest absolute Gasteiger partial charge is 0.268 e. The number of rotatable bonds is 4. The minimum Gasteiger partial charge on any atom is -0.268 e. The minimum absolute atomic E-state index is 0.132. The summed E-state index contributed by atoms with van der Waals surface area (Å²) >= 11 is 4.69. The molecule has 0 fully saturated rings. The molecule has 2 aromatic rings. The molecule has 1 heterocycles. The number of anilines is 1. The van der Waals surface area contributed by atoms with Crippen LogP contribution in [0.1, 0.15) is 19.4 Å². The van der Waals surface area contributed by atoms with Gasteiger partial charge in [-0.1, -0.05) is 41.9 Å². The Kier molecular flexibility index (Phi) is 5.11. The van der Waals surface area contributed by atoms with Crippen molar-refractivity contribution in [1.29, 1.82) is 0 Å². The molecule has 0 spiro atoms. The third kappa shape index (κ3) is 3.55. The average molecular weight is 420 g/mol. The lowest BCUT2D eigenvalue weighted by Crippen LogP contribution is -2.31. The van der Waals surface area contributed by atoms with Crippen LogP contribution >= 0.6 is 27.7 Å². The Balaban J connectivity index is 2.09. The van der Waals surface area contributed by atoms with Crippen LogP contribution in [0.2, 0.25) is 0 Å². The first-order chi connectivity index (χ1) is 11.9. The predicted molar refractivity (Wildman–Crippen MR) is 103 cm³/mol. The summed E-state index contributed by atoms with van der Waals surface area (Å²) in [5.41, 5.74) is 1.38. The number of hydrogen-bond acceptors (Lipinski definition) is 3. The summed E-state index contributed by atoms with van der Waals surface area (Å²) in [4.78, 5) is 27.5. The van der Waals surface area contributed by atoms with Gasteiger partial charge in [0.15, 0.2) is 0 Å². The van der Waals surface area contributed by atoms with Crippen molar-refractivity contribution in [2.75, 3.05) is 4.90 Å². The highest BCUT2D eigenvalue weighted by Gasteiger charge is 2.40. The molecule has 1 aliphatic heterocycles. The molecule has 0 aromatic heterocycles. The maximum Gasteiger partial charge on any atom is 0.272 e. The van der Waals surface area contributed by atoms with E-state index in [2.05, 4.69) is 15.9 Å². The largest absolute Gasteiger partial charge is 0.272 e. The second-order valence-corrected chi connectivity index (χ2v) is 8.30. The van der Waals surface area contributed by atoms with Crippen LogP contribution in [0.25, 0.3) is 5.57 Å². The lowest BCUT2D eigenvalue weighted by atomic mass is 10.1. The monoisotopic (exact) mass is 419 g/mol. The number of imide groups is 1. The molecule has 6 heteroatoms. The molecule has 2 amide bonds. The van der Waals surface area contributed by atoms with Gasteiger partial charge in [-0.25, -0.2) is 9.29 Å². The Hall–Kier alpha value is -1.92. The first-order valence-corrected chi connectivity index (χ1v) is 9.37.